The second-order valence-electron chi connectivity index (χ2n) is 7.45. The summed E-state index contributed by atoms with van der Waals surface area (Å²) in [5, 5.41) is 0. The normalized spacial score (nSPS) is 10.7. The first-order chi connectivity index (χ1) is 14.6. The van der Waals surface area contributed by atoms with Gasteiger partial charge in [-0.3, -0.25) is 0 Å². The summed E-state index contributed by atoms with van der Waals surface area (Å²) < 4.78 is 11.6. The van der Waals surface area contributed by atoms with Crippen molar-refractivity contribution in [2.45, 2.75) is 39.5 Å². The van der Waals surface area contributed by atoms with E-state index in [2.05, 4.69) is 13.8 Å². The summed E-state index contributed by atoms with van der Waals surface area (Å²) in [5.41, 5.74) is 18.1. The first kappa shape index (κ1) is 21.6. The zero-order valence-electron chi connectivity index (χ0n) is 18.0. The third-order valence-electron chi connectivity index (χ3n) is 5.09. The highest BCUT2D eigenvalue weighted by Crippen LogP contribution is 2.41. The highest BCUT2D eigenvalue weighted by atomic mass is 16.5. The molecular weight excluding hydrogens is 372 g/mol. The van der Waals surface area contributed by atoms with Gasteiger partial charge in [0.2, 0.25) is 0 Å². The van der Waals surface area contributed by atoms with Gasteiger partial charge in [-0.2, -0.15) is 0 Å². The molecule has 4 N–H and O–H groups in total. The lowest BCUT2D eigenvalue weighted by Gasteiger charge is -2.17. The number of anilines is 2. The minimum absolute atomic E-state index is 0.696. The molecule has 0 saturated heterocycles. The molecule has 0 aliphatic heterocycles. The summed E-state index contributed by atoms with van der Waals surface area (Å²) in [5.74, 6) is 1.73. The molecule has 0 amide bonds. The summed E-state index contributed by atoms with van der Waals surface area (Å²) in [6, 6.07) is 19.8. The van der Waals surface area contributed by atoms with E-state index in [0.29, 0.717) is 11.4 Å². The average molecular weight is 405 g/mol. The van der Waals surface area contributed by atoms with Gasteiger partial charge in [0.05, 0.1) is 13.2 Å². The summed E-state index contributed by atoms with van der Waals surface area (Å²) in [6.45, 7) is 5.77. The number of ether oxygens (including phenoxy) is 2. The molecule has 30 heavy (non-hydrogen) atoms. The molecular formula is C26H32N2O2. The summed E-state index contributed by atoms with van der Waals surface area (Å²) in [4.78, 5) is 0. The lowest BCUT2D eigenvalue weighted by Crippen LogP contribution is -2.00. The van der Waals surface area contributed by atoms with E-state index in [-0.39, 0.29) is 0 Å². The van der Waals surface area contributed by atoms with E-state index in [1.165, 1.54) is 0 Å². The zero-order chi connectivity index (χ0) is 21.3. The number of benzene rings is 3. The Morgan fingerprint density at radius 2 is 0.933 bits per heavy atom. The second-order valence-corrected chi connectivity index (χ2v) is 7.45. The molecule has 0 atom stereocenters. The summed E-state index contributed by atoms with van der Waals surface area (Å²) in [7, 11) is 0. The molecule has 0 saturated carbocycles. The fourth-order valence-electron chi connectivity index (χ4n) is 3.36. The fourth-order valence-corrected chi connectivity index (χ4v) is 3.36. The first-order valence-corrected chi connectivity index (χ1v) is 10.8. The van der Waals surface area contributed by atoms with Gasteiger partial charge in [0, 0.05) is 22.5 Å². The molecule has 0 spiro atoms. The Morgan fingerprint density at radius 3 is 1.27 bits per heavy atom. The monoisotopic (exact) mass is 404 g/mol. The molecule has 0 aliphatic rings. The molecule has 3 aromatic rings. The Labute approximate surface area is 179 Å². The maximum absolute atomic E-state index is 6.40. The van der Waals surface area contributed by atoms with Crippen LogP contribution in [0.3, 0.4) is 0 Å². The van der Waals surface area contributed by atoms with Crippen LogP contribution in [0.15, 0.2) is 60.7 Å². The number of rotatable bonds is 10. The smallest absolute Gasteiger partial charge is 0.119 e. The lowest BCUT2D eigenvalue weighted by molar-refractivity contribution is 0.309. The van der Waals surface area contributed by atoms with Crippen molar-refractivity contribution in [1.82, 2.24) is 0 Å². The van der Waals surface area contributed by atoms with Crippen LogP contribution in [-0.2, 0) is 0 Å². The highest BCUT2D eigenvalue weighted by molar-refractivity contribution is 5.97. The van der Waals surface area contributed by atoms with E-state index in [0.717, 1.165) is 72.6 Å². The van der Waals surface area contributed by atoms with Crippen LogP contribution < -0.4 is 20.9 Å². The Balaban J connectivity index is 1.90. The van der Waals surface area contributed by atoms with Crippen LogP contribution in [0.4, 0.5) is 11.4 Å². The largest absolute Gasteiger partial charge is 0.494 e. The number of nitrogen functional groups attached to an aromatic ring is 2. The van der Waals surface area contributed by atoms with E-state index in [9.17, 15) is 0 Å². The lowest BCUT2D eigenvalue weighted by atomic mass is 9.91. The summed E-state index contributed by atoms with van der Waals surface area (Å²) >= 11 is 0. The van der Waals surface area contributed by atoms with Crippen molar-refractivity contribution in [2.75, 3.05) is 24.7 Å². The van der Waals surface area contributed by atoms with Gasteiger partial charge in [0.25, 0.3) is 0 Å². The molecule has 4 nitrogen and oxygen atoms in total. The molecule has 3 rings (SSSR count). The first-order valence-electron chi connectivity index (χ1n) is 10.8. The van der Waals surface area contributed by atoms with Crippen molar-refractivity contribution in [3.63, 3.8) is 0 Å². The van der Waals surface area contributed by atoms with Gasteiger partial charge in [0.15, 0.2) is 0 Å². The van der Waals surface area contributed by atoms with Crippen molar-refractivity contribution in [3.8, 4) is 33.8 Å². The quantitative estimate of drug-likeness (QED) is 0.297. The van der Waals surface area contributed by atoms with Crippen LogP contribution in [0.5, 0.6) is 11.5 Å². The number of unbranched alkanes of at least 4 members (excludes halogenated alkanes) is 2. The van der Waals surface area contributed by atoms with Gasteiger partial charge in [-0.15, -0.1) is 0 Å². The minimum atomic E-state index is 0.696. The van der Waals surface area contributed by atoms with Gasteiger partial charge in [-0.1, -0.05) is 51.0 Å². The van der Waals surface area contributed by atoms with Crippen LogP contribution in [0, 0.1) is 0 Å². The van der Waals surface area contributed by atoms with Crippen LogP contribution in [0.1, 0.15) is 39.5 Å². The average Bonchev–Trinajstić information content (AvgIpc) is 2.77. The number of hydrogen-bond acceptors (Lipinski definition) is 4. The third kappa shape index (κ3) is 5.26. The van der Waals surface area contributed by atoms with E-state index in [4.69, 9.17) is 20.9 Å². The van der Waals surface area contributed by atoms with Crippen molar-refractivity contribution in [2.24, 2.45) is 0 Å². The Morgan fingerprint density at radius 1 is 0.567 bits per heavy atom. The van der Waals surface area contributed by atoms with Crippen molar-refractivity contribution >= 4 is 11.4 Å². The molecule has 0 heterocycles. The molecule has 3 aromatic carbocycles. The predicted octanol–water partition coefficient (Wildman–Crippen LogP) is 6.54. The Kier molecular flexibility index (Phi) is 7.61. The van der Waals surface area contributed by atoms with Gasteiger partial charge in [-0.05, 0) is 60.4 Å². The topological polar surface area (TPSA) is 70.5 Å². The maximum atomic E-state index is 6.40. The van der Waals surface area contributed by atoms with Crippen LogP contribution in [-0.4, -0.2) is 13.2 Å². The van der Waals surface area contributed by atoms with Gasteiger partial charge in [-0.25, -0.2) is 0 Å². The van der Waals surface area contributed by atoms with Crippen molar-refractivity contribution in [1.29, 1.82) is 0 Å². The van der Waals surface area contributed by atoms with E-state index >= 15 is 0 Å². The zero-order valence-corrected chi connectivity index (χ0v) is 18.0. The Hall–Kier alpha value is -3.14. The molecule has 0 aromatic heterocycles. The standard InChI is InChI=1S/C26H32N2O2/c1-3-5-17-29-21-11-7-19(8-12-21)25-23(27)15-16-24(28)26(25)20-9-13-22(14-10-20)30-18-6-4-2/h7-16H,3-6,17-18,27-28H2,1-2H3. The third-order valence-corrected chi connectivity index (χ3v) is 5.09. The van der Waals surface area contributed by atoms with E-state index in [1.54, 1.807) is 0 Å². The molecule has 0 radical (unpaired) electrons. The molecule has 0 fully saturated rings. The van der Waals surface area contributed by atoms with Gasteiger partial charge >= 0.3 is 0 Å². The van der Waals surface area contributed by atoms with Crippen molar-refractivity contribution < 1.29 is 9.47 Å². The molecule has 4 heteroatoms. The highest BCUT2D eigenvalue weighted by Gasteiger charge is 2.15. The van der Waals surface area contributed by atoms with E-state index in [1.807, 2.05) is 60.7 Å². The molecule has 0 aliphatic carbocycles. The van der Waals surface area contributed by atoms with Gasteiger partial charge in [0.1, 0.15) is 11.5 Å². The number of hydrogen-bond donors (Lipinski definition) is 2. The SMILES string of the molecule is CCCCOc1ccc(-c2c(N)ccc(N)c2-c2ccc(OCCCC)cc2)cc1. The predicted molar refractivity (Wildman–Crippen MR) is 127 cm³/mol. The van der Waals surface area contributed by atoms with Crippen molar-refractivity contribution in [3.05, 3.63) is 60.7 Å². The van der Waals surface area contributed by atoms with Gasteiger partial charge < -0.3 is 20.9 Å². The molecule has 0 unspecified atom stereocenters. The van der Waals surface area contributed by atoms with E-state index < -0.39 is 0 Å². The second kappa shape index (κ2) is 10.6. The molecule has 158 valence electrons. The van der Waals surface area contributed by atoms with Crippen LogP contribution in [0.2, 0.25) is 0 Å². The van der Waals surface area contributed by atoms with Crippen LogP contribution in [0.25, 0.3) is 22.3 Å². The summed E-state index contributed by atoms with van der Waals surface area (Å²) in [6.07, 6.45) is 4.33. The fraction of sp³-hybridized carbons (Fsp3) is 0.308. The van der Waals surface area contributed by atoms with Crippen LogP contribution >= 0.6 is 0 Å². The maximum Gasteiger partial charge on any atom is 0.119 e. The number of nitrogens with two attached hydrogens (primary N) is 2. The molecule has 0 bridgehead atoms. The Bertz CT molecular complexity index is 856. The minimum Gasteiger partial charge on any atom is -0.494 e.